The fourth-order valence-corrected chi connectivity index (χ4v) is 3.98. The van der Waals surface area contributed by atoms with Gasteiger partial charge in [0, 0.05) is 18.6 Å². The standard InChI is InChI=1S/C21H40N2/c1-19(2,3)9-7-8-14-22-15-10-21(11-16-22)12-17-23(18-13-21)20(4,5)6/h10,15H,7-9,11-14,16-18H2,1-6H3. The third-order valence-corrected chi connectivity index (χ3v) is 5.87. The summed E-state index contributed by atoms with van der Waals surface area (Å²) in [7, 11) is 0. The predicted octanol–water partition coefficient (Wildman–Crippen LogP) is 5.30. The first-order valence-electron chi connectivity index (χ1n) is 9.78. The molecule has 0 aromatic heterocycles. The van der Waals surface area contributed by atoms with Crippen LogP contribution in [0.15, 0.2) is 12.3 Å². The molecule has 1 saturated heterocycles. The summed E-state index contributed by atoms with van der Waals surface area (Å²) in [5.41, 5.74) is 1.32. The Morgan fingerprint density at radius 2 is 1.48 bits per heavy atom. The van der Waals surface area contributed by atoms with E-state index in [9.17, 15) is 0 Å². The summed E-state index contributed by atoms with van der Waals surface area (Å²) in [6.45, 7) is 19.1. The number of allylic oxidation sites excluding steroid dienone is 1. The van der Waals surface area contributed by atoms with Crippen LogP contribution in [-0.4, -0.2) is 41.5 Å². The Morgan fingerprint density at radius 3 is 1.96 bits per heavy atom. The van der Waals surface area contributed by atoms with Crippen molar-refractivity contribution < 1.29 is 0 Å². The lowest BCUT2D eigenvalue weighted by Crippen LogP contribution is -2.49. The Balaban J connectivity index is 1.74. The van der Waals surface area contributed by atoms with E-state index in [1.165, 1.54) is 64.7 Å². The average molecular weight is 321 g/mol. The van der Waals surface area contributed by atoms with Gasteiger partial charge in [0.1, 0.15) is 0 Å². The second-order valence-corrected chi connectivity index (χ2v) is 10.1. The van der Waals surface area contributed by atoms with Crippen molar-refractivity contribution in [2.24, 2.45) is 10.8 Å². The van der Waals surface area contributed by atoms with Gasteiger partial charge in [0.15, 0.2) is 0 Å². The molecule has 1 fully saturated rings. The van der Waals surface area contributed by atoms with Gasteiger partial charge in [0.2, 0.25) is 0 Å². The number of piperidine rings is 1. The van der Waals surface area contributed by atoms with Crippen LogP contribution in [0.4, 0.5) is 0 Å². The number of likely N-dealkylation sites (tertiary alicyclic amines) is 1. The molecule has 0 unspecified atom stereocenters. The summed E-state index contributed by atoms with van der Waals surface area (Å²) in [6.07, 6.45) is 13.1. The number of hydrogen-bond donors (Lipinski definition) is 0. The van der Waals surface area contributed by atoms with Gasteiger partial charge >= 0.3 is 0 Å². The number of nitrogens with zero attached hydrogens (tertiary/aromatic N) is 2. The minimum absolute atomic E-state index is 0.332. The van der Waals surface area contributed by atoms with Gasteiger partial charge in [-0.1, -0.05) is 33.3 Å². The van der Waals surface area contributed by atoms with Gasteiger partial charge in [-0.2, -0.15) is 0 Å². The van der Waals surface area contributed by atoms with E-state index in [0.717, 1.165) is 0 Å². The van der Waals surface area contributed by atoms with E-state index in [2.05, 4.69) is 63.6 Å². The lowest BCUT2D eigenvalue weighted by atomic mass is 9.73. The molecule has 134 valence electrons. The minimum Gasteiger partial charge on any atom is -0.378 e. The van der Waals surface area contributed by atoms with Crippen molar-refractivity contribution in [3.8, 4) is 0 Å². The molecule has 2 nitrogen and oxygen atoms in total. The smallest absolute Gasteiger partial charge is 0.0180 e. The van der Waals surface area contributed by atoms with Crippen LogP contribution in [0.2, 0.25) is 0 Å². The summed E-state index contributed by atoms with van der Waals surface area (Å²) < 4.78 is 0. The van der Waals surface area contributed by atoms with Gasteiger partial charge in [-0.05, 0) is 83.0 Å². The maximum absolute atomic E-state index is 2.66. The normalized spacial score (nSPS) is 22.8. The SMILES string of the molecule is CC(C)(C)CCCCN1C=CC2(CC1)CCN(C(C)(C)C)CC2. The largest absolute Gasteiger partial charge is 0.378 e. The van der Waals surface area contributed by atoms with E-state index in [1.807, 2.05) is 0 Å². The second kappa shape index (κ2) is 7.17. The zero-order valence-corrected chi connectivity index (χ0v) is 16.6. The Bertz CT molecular complexity index is 389. The summed E-state index contributed by atoms with van der Waals surface area (Å²) in [5, 5.41) is 0. The van der Waals surface area contributed by atoms with E-state index in [-0.39, 0.29) is 0 Å². The van der Waals surface area contributed by atoms with Gasteiger partial charge in [-0.3, -0.25) is 4.90 Å². The quantitative estimate of drug-likeness (QED) is 0.648. The lowest BCUT2D eigenvalue weighted by molar-refractivity contribution is 0.0516. The van der Waals surface area contributed by atoms with E-state index >= 15 is 0 Å². The molecule has 0 bridgehead atoms. The van der Waals surface area contributed by atoms with Crippen molar-refractivity contribution in [1.82, 2.24) is 9.80 Å². The van der Waals surface area contributed by atoms with E-state index in [4.69, 9.17) is 0 Å². The molecule has 1 spiro atoms. The number of unbranched alkanes of at least 4 members (excludes halogenated alkanes) is 1. The molecule has 0 amide bonds. The van der Waals surface area contributed by atoms with Crippen LogP contribution < -0.4 is 0 Å². The molecule has 0 aromatic carbocycles. The lowest BCUT2D eigenvalue weighted by Gasteiger charge is -2.47. The zero-order chi connectivity index (χ0) is 17.1. The van der Waals surface area contributed by atoms with Crippen molar-refractivity contribution >= 4 is 0 Å². The molecule has 2 heteroatoms. The Kier molecular flexibility index (Phi) is 5.87. The van der Waals surface area contributed by atoms with Gasteiger partial charge < -0.3 is 4.90 Å². The molecule has 0 aromatic rings. The van der Waals surface area contributed by atoms with Gasteiger partial charge in [-0.15, -0.1) is 0 Å². The van der Waals surface area contributed by atoms with Gasteiger partial charge in [-0.25, -0.2) is 0 Å². The molecule has 0 radical (unpaired) electrons. The molecule has 2 aliphatic rings. The Labute approximate surface area is 145 Å². The highest BCUT2D eigenvalue weighted by molar-refractivity contribution is 5.06. The van der Waals surface area contributed by atoms with Crippen LogP contribution in [-0.2, 0) is 0 Å². The number of hydrogen-bond acceptors (Lipinski definition) is 2. The van der Waals surface area contributed by atoms with Crippen molar-refractivity contribution in [1.29, 1.82) is 0 Å². The summed E-state index contributed by atoms with van der Waals surface area (Å²) in [4.78, 5) is 5.22. The Hall–Kier alpha value is -0.500. The van der Waals surface area contributed by atoms with Crippen LogP contribution in [0.1, 0.15) is 80.1 Å². The number of rotatable bonds is 4. The fraction of sp³-hybridized carbons (Fsp3) is 0.905. The molecular weight excluding hydrogens is 280 g/mol. The van der Waals surface area contributed by atoms with Gasteiger partial charge in [0.25, 0.3) is 0 Å². The van der Waals surface area contributed by atoms with Gasteiger partial charge in [0.05, 0.1) is 0 Å². The van der Waals surface area contributed by atoms with Crippen molar-refractivity contribution in [3.63, 3.8) is 0 Å². The topological polar surface area (TPSA) is 6.48 Å². The van der Waals surface area contributed by atoms with Crippen molar-refractivity contribution in [2.75, 3.05) is 26.2 Å². The third kappa shape index (κ3) is 5.81. The van der Waals surface area contributed by atoms with Crippen molar-refractivity contribution in [3.05, 3.63) is 12.3 Å². The molecule has 23 heavy (non-hydrogen) atoms. The first kappa shape index (κ1) is 18.8. The minimum atomic E-state index is 0.332. The summed E-state index contributed by atoms with van der Waals surface area (Å²) >= 11 is 0. The molecule has 0 N–H and O–H groups in total. The van der Waals surface area contributed by atoms with Crippen LogP contribution in [0.25, 0.3) is 0 Å². The molecule has 0 saturated carbocycles. The molecule has 2 aliphatic heterocycles. The first-order valence-corrected chi connectivity index (χ1v) is 9.78. The maximum atomic E-state index is 2.66. The van der Waals surface area contributed by atoms with Crippen LogP contribution in [0.5, 0.6) is 0 Å². The van der Waals surface area contributed by atoms with E-state index in [1.54, 1.807) is 0 Å². The molecule has 0 aliphatic carbocycles. The monoisotopic (exact) mass is 320 g/mol. The van der Waals surface area contributed by atoms with Crippen LogP contribution in [0.3, 0.4) is 0 Å². The highest BCUT2D eigenvalue weighted by atomic mass is 15.2. The van der Waals surface area contributed by atoms with Crippen molar-refractivity contribution in [2.45, 2.75) is 85.6 Å². The molecule has 2 rings (SSSR count). The van der Waals surface area contributed by atoms with Crippen LogP contribution >= 0.6 is 0 Å². The first-order chi connectivity index (χ1) is 10.6. The highest BCUT2D eigenvalue weighted by Gasteiger charge is 2.36. The maximum Gasteiger partial charge on any atom is 0.0180 e. The Morgan fingerprint density at radius 1 is 0.870 bits per heavy atom. The summed E-state index contributed by atoms with van der Waals surface area (Å²) in [5.74, 6) is 0. The predicted molar refractivity (Wildman–Crippen MR) is 102 cm³/mol. The third-order valence-electron chi connectivity index (χ3n) is 5.87. The zero-order valence-electron chi connectivity index (χ0n) is 16.6. The molecular formula is C21H40N2. The fourth-order valence-electron chi connectivity index (χ4n) is 3.98. The molecule has 2 heterocycles. The summed E-state index contributed by atoms with van der Waals surface area (Å²) in [6, 6.07) is 0. The van der Waals surface area contributed by atoms with E-state index in [0.29, 0.717) is 16.4 Å². The average Bonchev–Trinajstić information content (AvgIpc) is 2.44. The highest BCUT2D eigenvalue weighted by Crippen LogP contribution is 2.40. The molecule has 0 atom stereocenters. The van der Waals surface area contributed by atoms with E-state index < -0.39 is 0 Å². The van der Waals surface area contributed by atoms with Crippen LogP contribution in [0, 0.1) is 10.8 Å². The second-order valence-electron chi connectivity index (χ2n) is 10.1.